The van der Waals surface area contributed by atoms with E-state index < -0.39 is 5.60 Å². The summed E-state index contributed by atoms with van der Waals surface area (Å²) in [6.45, 7) is 5.13. The van der Waals surface area contributed by atoms with Crippen molar-refractivity contribution in [2.24, 2.45) is 35.0 Å². The van der Waals surface area contributed by atoms with Crippen LogP contribution in [0.25, 0.3) is 0 Å². The molecule has 1 saturated heterocycles. The third kappa shape index (κ3) is 1.99. The van der Waals surface area contributed by atoms with Crippen molar-refractivity contribution in [3.63, 3.8) is 0 Å². The van der Waals surface area contributed by atoms with E-state index >= 15 is 0 Å². The number of amides is 1. The lowest BCUT2D eigenvalue weighted by Crippen LogP contribution is -2.51. The second kappa shape index (κ2) is 4.47. The van der Waals surface area contributed by atoms with Crippen molar-refractivity contribution in [1.29, 1.82) is 0 Å². The summed E-state index contributed by atoms with van der Waals surface area (Å²) in [6, 6.07) is 0. The monoisotopic (exact) mass is 291 g/mol. The minimum absolute atomic E-state index is 0.0891. The van der Waals surface area contributed by atoms with Gasteiger partial charge in [-0.25, -0.2) is 0 Å². The smallest absolute Gasteiger partial charge is 0.226 e. The zero-order valence-electron chi connectivity index (χ0n) is 13.4. The summed E-state index contributed by atoms with van der Waals surface area (Å²) in [5, 5.41) is 13.5. The van der Waals surface area contributed by atoms with Crippen LogP contribution in [0.15, 0.2) is 0 Å². The topological polar surface area (TPSA) is 49.3 Å². The SMILES string of the molecule is C[C@@]1(O)CC[C@@H]2C3CC[C@]4(C)C(=O)NCC4C3CC[C@@H]2C1. The van der Waals surface area contributed by atoms with Crippen LogP contribution in [0, 0.1) is 35.0 Å². The van der Waals surface area contributed by atoms with Crippen LogP contribution in [0.5, 0.6) is 0 Å². The summed E-state index contributed by atoms with van der Waals surface area (Å²) < 4.78 is 0. The Morgan fingerprint density at radius 1 is 1.05 bits per heavy atom. The van der Waals surface area contributed by atoms with E-state index in [1.807, 2.05) is 6.92 Å². The van der Waals surface area contributed by atoms with E-state index in [1.54, 1.807) is 0 Å². The van der Waals surface area contributed by atoms with Crippen LogP contribution in [0.2, 0.25) is 0 Å². The van der Waals surface area contributed by atoms with Crippen LogP contribution >= 0.6 is 0 Å². The summed E-state index contributed by atoms with van der Waals surface area (Å²) in [5.41, 5.74) is -0.518. The summed E-state index contributed by atoms with van der Waals surface area (Å²) in [7, 11) is 0. The third-order valence-corrected chi connectivity index (χ3v) is 7.63. The van der Waals surface area contributed by atoms with Gasteiger partial charge < -0.3 is 10.4 Å². The largest absolute Gasteiger partial charge is 0.390 e. The molecule has 0 aromatic heterocycles. The van der Waals surface area contributed by atoms with Crippen molar-refractivity contribution in [3.8, 4) is 0 Å². The van der Waals surface area contributed by atoms with E-state index in [2.05, 4.69) is 12.2 Å². The minimum Gasteiger partial charge on any atom is -0.390 e. The lowest BCUT2D eigenvalue weighted by atomic mass is 9.50. The molecule has 3 saturated carbocycles. The molecule has 3 aliphatic carbocycles. The molecule has 4 rings (SSSR count). The molecule has 1 heterocycles. The van der Waals surface area contributed by atoms with E-state index in [4.69, 9.17) is 0 Å². The van der Waals surface area contributed by atoms with E-state index in [9.17, 15) is 9.90 Å². The van der Waals surface area contributed by atoms with Gasteiger partial charge in [-0.05, 0) is 81.5 Å². The zero-order valence-corrected chi connectivity index (χ0v) is 13.4. The fourth-order valence-electron chi connectivity index (χ4n) is 6.46. The van der Waals surface area contributed by atoms with Gasteiger partial charge in [0.15, 0.2) is 0 Å². The number of hydrogen-bond acceptors (Lipinski definition) is 2. The second-order valence-corrected chi connectivity index (χ2v) is 8.84. The average molecular weight is 291 g/mol. The van der Waals surface area contributed by atoms with E-state index in [1.165, 1.54) is 25.7 Å². The van der Waals surface area contributed by atoms with Gasteiger partial charge in [0, 0.05) is 6.54 Å². The highest BCUT2D eigenvalue weighted by Crippen LogP contribution is 2.59. The van der Waals surface area contributed by atoms with Crippen molar-refractivity contribution in [3.05, 3.63) is 0 Å². The Kier molecular flexibility index (Phi) is 2.99. The van der Waals surface area contributed by atoms with E-state index in [0.29, 0.717) is 11.8 Å². The van der Waals surface area contributed by atoms with Gasteiger partial charge >= 0.3 is 0 Å². The highest BCUT2D eigenvalue weighted by molar-refractivity contribution is 5.85. The Balaban J connectivity index is 1.57. The molecule has 4 fully saturated rings. The summed E-state index contributed by atoms with van der Waals surface area (Å²) in [4.78, 5) is 12.2. The number of fused-ring (bicyclic) bond motifs is 5. The Morgan fingerprint density at radius 3 is 2.62 bits per heavy atom. The molecular formula is C18H29NO2. The third-order valence-electron chi connectivity index (χ3n) is 7.63. The number of nitrogens with one attached hydrogen (secondary N) is 1. The maximum absolute atomic E-state index is 12.2. The first-order valence-corrected chi connectivity index (χ1v) is 8.91. The van der Waals surface area contributed by atoms with Gasteiger partial charge in [-0.1, -0.05) is 6.92 Å². The number of rotatable bonds is 0. The lowest BCUT2D eigenvalue weighted by Gasteiger charge is -2.55. The van der Waals surface area contributed by atoms with Crippen molar-refractivity contribution in [2.45, 2.75) is 64.4 Å². The summed E-state index contributed by atoms with van der Waals surface area (Å²) >= 11 is 0. The predicted octanol–water partition coefficient (Wildman–Crippen LogP) is 2.73. The molecule has 4 aliphatic rings. The summed E-state index contributed by atoms with van der Waals surface area (Å²) in [5.74, 6) is 3.96. The van der Waals surface area contributed by atoms with Crippen LogP contribution in [0.4, 0.5) is 0 Å². The van der Waals surface area contributed by atoms with Crippen molar-refractivity contribution >= 4 is 5.91 Å². The molecule has 1 amide bonds. The highest BCUT2D eigenvalue weighted by Gasteiger charge is 2.57. The molecule has 118 valence electrons. The van der Waals surface area contributed by atoms with Crippen molar-refractivity contribution in [1.82, 2.24) is 5.32 Å². The van der Waals surface area contributed by atoms with Crippen LogP contribution in [0.1, 0.15) is 58.8 Å². The fraction of sp³-hybridized carbons (Fsp3) is 0.944. The first kappa shape index (κ1) is 14.0. The van der Waals surface area contributed by atoms with Crippen molar-refractivity contribution < 1.29 is 9.90 Å². The number of hydrogen-bond donors (Lipinski definition) is 2. The first-order chi connectivity index (χ1) is 9.91. The fourth-order valence-corrected chi connectivity index (χ4v) is 6.46. The zero-order chi connectivity index (χ0) is 14.8. The van der Waals surface area contributed by atoms with E-state index in [0.717, 1.165) is 49.5 Å². The lowest BCUT2D eigenvalue weighted by molar-refractivity contribution is -0.135. The minimum atomic E-state index is -0.429. The quantitative estimate of drug-likeness (QED) is 0.721. The molecule has 7 atom stereocenters. The van der Waals surface area contributed by atoms with Gasteiger partial charge in [0.1, 0.15) is 0 Å². The van der Waals surface area contributed by atoms with Gasteiger partial charge in [0.05, 0.1) is 11.0 Å². The van der Waals surface area contributed by atoms with Gasteiger partial charge in [-0.3, -0.25) is 4.79 Å². The second-order valence-electron chi connectivity index (χ2n) is 8.84. The van der Waals surface area contributed by atoms with Crippen LogP contribution < -0.4 is 5.32 Å². The molecule has 2 N–H and O–H groups in total. The van der Waals surface area contributed by atoms with Gasteiger partial charge in [0.25, 0.3) is 0 Å². The molecule has 0 spiro atoms. The molecule has 0 radical (unpaired) electrons. The first-order valence-electron chi connectivity index (χ1n) is 8.91. The Labute approximate surface area is 127 Å². The predicted molar refractivity (Wildman–Crippen MR) is 81.5 cm³/mol. The molecule has 0 aromatic rings. The Bertz CT molecular complexity index is 460. The molecule has 0 aromatic carbocycles. The number of aliphatic hydroxyl groups is 1. The van der Waals surface area contributed by atoms with Crippen LogP contribution in [-0.2, 0) is 4.79 Å². The molecule has 21 heavy (non-hydrogen) atoms. The van der Waals surface area contributed by atoms with Gasteiger partial charge in [0.2, 0.25) is 5.91 Å². The Morgan fingerprint density at radius 2 is 1.81 bits per heavy atom. The number of carbonyl (C=O) groups is 1. The standard InChI is InChI=1S/C18H29NO2/c1-17(21)7-5-12-11(9-17)3-4-14-13(12)6-8-18(2)15(14)10-19-16(18)20/h11-15,21H,3-10H2,1-2H3,(H,19,20)/t11-,12+,13?,14?,15?,17-,18+/m1/s1. The molecule has 1 aliphatic heterocycles. The Hall–Kier alpha value is -0.570. The van der Waals surface area contributed by atoms with Gasteiger partial charge in [-0.2, -0.15) is 0 Å². The molecule has 3 nitrogen and oxygen atoms in total. The van der Waals surface area contributed by atoms with Crippen LogP contribution in [0.3, 0.4) is 0 Å². The van der Waals surface area contributed by atoms with Crippen LogP contribution in [-0.4, -0.2) is 23.2 Å². The average Bonchev–Trinajstić information content (AvgIpc) is 2.73. The molecular weight excluding hydrogens is 262 g/mol. The van der Waals surface area contributed by atoms with Crippen molar-refractivity contribution in [2.75, 3.05) is 6.54 Å². The maximum atomic E-state index is 12.2. The van der Waals surface area contributed by atoms with Gasteiger partial charge in [-0.15, -0.1) is 0 Å². The molecule has 3 unspecified atom stereocenters. The normalized spacial score (nSPS) is 56.1. The molecule has 0 bridgehead atoms. The summed E-state index contributed by atoms with van der Waals surface area (Å²) in [6.07, 6.45) is 8.01. The number of carbonyl (C=O) groups excluding carboxylic acids is 1. The van der Waals surface area contributed by atoms with E-state index in [-0.39, 0.29) is 5.41 Å². The molecule has 3 heteroatoms. The maximum Gasteiger partial charge on any atom is 0.226 e. The highest BCUT2D eigenvalue weighted by atomic mass is 16.3.